The van der Waals surface area contributed by atoms with Gasteiger partial charge in [0.1, 0.15) is 0 Å². The molecule has 6 rings (SSSR count). The molecule has 0 radical (unpaired) electrons. The fourth-order valence-corrected chi connectivity index (χ4v) is 9.04. The zero-order valence-electron chi connectivity index (χ0n) is 28.2. The smallest absolute Gasteiger partial charge is 0.335 e. The van der Waals surface area contributed by atoms with Crippen molar-refractivity contribution >= 4 is 46.7 Å². The number of hydrogen-bond donors (Lipinski definition) is 4. The van der Waals surface area contributed by atoms with Gasteiger partial charge in [0.25, 0.3) is 0 Å². The first-order valence-corrected chi connectivity index (χ1v) is 17.9. The molecule has 3 aromatic carbocycles. The van der Waals surface area contributed by atoms with Crippen LogP contribution in [-0.4, -0.2) is 52.7 Å². The summed E-state index contributed by atoms with van der Waals surface area (Å²) in [6, 6.07) is 20.0. The van der Waals surface area contributed by atoms with Gasteiger partial charge in [0.05, 0.1) is 11.6 Å². The molecule has 2 aliphatic heterocycles. The Hall–Kier alpha value is -3.59. The zero-order chi connectivity index (χ0) is 35.1. The first kappa shape index (κ1) is 35.2. The molecule has 10 heteroatoms. The highest BCUT2D eigenvalue weighted by molar-refractivity contribution is 6.31. The van der Waals surface area contributed by atoms with Crippen molar-refractivity contribution < 1.29 is 24.6 Å². The molecule has 2 heterocycles. The van der Waals surface area contributed by atoms with E-state index in [1.54, 1.807) is 12.1 Å². The number of aliphatic carboxylic acids is 1. The Morgan fingerprint density at radius 3 is 2.29 bits per heavy atom. The van der Waals surface area contributed by atoms with Crippen LogP contribution in [-0.2, 0) is 21.5 Å². The van der Waals surface area contributed by atoms with Crippen LogP contribution >= 0.6 is 23.2 Å². The second-order valence-electron chi connectivity index (χ2n) is 15.3. The Morgan fingerprint density at radius 2 is 1.65 bits per heavy atom. The molecule has 1 saturated heterocycles. The molecule has 1 amide bonds. The molecule has 1 spiro atoms. The Balaban J connectivity index is 1.42. The number of carbonyl (C=O) groups excluding carboxylic acids is 1. The Morgan fingerprint density at radius 1 is 0.959 bits per heavy atom. The van der Waals surface area contributed by atoms with E-state index in [1.807, 2.05) is 42.5 Å². The van der Waals surface area contributed by atoms with Crippen LogP contribution in [0.2, 0.25) is 10.0 Å². The molecule has 1 aliphatic carbocycles. The molecule has 8 nitrogen and oxygen atoms in total. The minimum Gasteiger partial charge on any atom is -0.481 e. The molecule has 1 saturated carbocycles. The lowest BCUT2D eigenvalue weighted by atomic mass is 9.63. The number of nitrogens with one attached hydrogen (secondary N) is 2. The predicted molar refractivity (Wildman–Crippen MR) is 193 cm³/mol. The molecular formula is C39H45Cl2N3O5. The van der Waals surface area contributed by atoms with Gasteiger partial charge in [-0.2, -0.15) is 0 Å². The average Bonchev–Trinajstić information content (AvgIpc) is 3.51. The van der Waals surface area contributed by atoms with Gasteiger partial charge >= 0.3 is 11.9 Å². The SMILES string of the molecule is CC(C)(C)C[C@@H]1N[C@@H](C(=O)N[C@H]2CC[C@H](CC(=O)O)CC2)[C@H](c2ccccc2Cl)[C@]12CN(Cc1ccc(C(=O)O)cc1)c1ccc(Cl)cc12. The van der Waals surface area contributed by atoms with Gasteiger partial charge in [-0.25, -0.2) is 4.79 Å². The monoisotopic (exact) mass is 705 g/mol. The second kappa shape index (κ2) is 14.0. The first-order valence-electron chi connectivity index (χ1n) is 17.1. The highest BCUT2D eigenvalue weighted by atomic mass is 35.5. The molecule has 3 aromatic rings. The van der Waals surface area contributed by atoms with Crippen LogP contribution in [0.5, 0.6) is 0 Å². The second-order valence-corrected chi connectivity index (χ2v) is 16.2. The van der Waals surface area contributed by atoms with Gasteiger partial charge in [0, 0.05) is 58.7 Å². The highest BCUT2D eigenvalue weighted by Crippen LogP contribution is 2.58. The molecule has 0 unspecified atom stereocenters. The van der Waals surface area contributed by atoms with Gasteiger partial charge in [-0.05, 0) is 96.5 Å². The molecule has 4 atom stereocenters. The van der Waals surface area contributed by atoms with Crippen LogP contribution in [0.15, 0.2) is 66.7 Å². The highest BCUT2D eigenvalue weighted by Gasteiger charge is 2.62. The maximum Gasteiger partial charge on any atom is 0.335 e. The van der Waals surface area contributed by atoms with Gasteiger partial charge in [-0.3, -0.25) is 9.59 Å². The van der Waals surface area contributed by atoms with E-state index in [0.29, 0.717) is 23.1 Å². The van der Waals surface area contributed by atoms with Crippen molar-refractivity contribution in [3.05, 3.63) is 99.0 Å². The van der Waals surface area contributed by atoms with Gasteiger partial charge in [0.2, 0.25) is 5.91 Å². The van der Waals surface area contributed by atoms with E-state index < -0.39 is 23.4 Å². The number of aromatic carboxylic acids is 1. The fourth-order valence-electron chi connectivity index (χ4n) is 8.61. The molecule has 3 aliphatic rings. The van der Waals surface area contributed by atoms with Crippen LogP contribution in [0.25, 0.3) is 0 Å². The minimum absolute atomic E-state index is 0.0283. The number of amides is 1. The van der Waals surface area contributed by atoms with Crippen LogP contribution in [0.4, 0.5) is 5.69 Å². The third-order valence-corrected chi connectivity index (χ3v) is 11.3. The molecule has 0 aromatic heterocycles. The number of rotatable bonds is 9. The number of hydrogen-bond acceptors (Lipinski definition) is 5. The van der Waals surface area contributed by atoms with Crippen LogP contribution < -0.4 is 15.5 Å². The van der Waals surface area contributed by atoms with E-state index in [2.05, 4.69) is 48.4 Å². The summed E-state index contributed by atoms with van der Waals surface area (Å²) in [6.07, 6.45) is 3.99. The topological polar surface area (TPSA) is 119 Å². The summed E-state index contributed by atoms with van der Waals surface area (Å²) in [5.74, 6) is -2.02. The third-order valence-electron chi connectivity index (χ3n) is 10.7. The average molecular weight is 707 g/mol. The summed E-state index contributed by atoms with van der Waals surface area (Å²) in [5.41, 5.74) is 3.53. The van der Waals surface area contributed by atoms with Crippen molar-refractivity contribution in [3.63, 3.8) is 0 Å². The van der Waals surface area contributed by atoms with E-state index in [0.717, 1.165) is 54.5 Å². The van der Waals surface area contributed by atoms with Crippen LogP contribution in [0.3, 0.4) is 0 Å². The first-order chi connectivity index (χ1) is 23.2. The summed E-state index contributed by atoms with van der Waals surface area (Å²) in [4.78, 5) is 39.7. The molecule has 260 valence electrons. The Kier molecular flexibility index (Phi) is 10.0. The van der Waals surface area contributed by atoms with Gasteiger partial charge in [-0.15, -0.1) is 0 Å². The quantitative estimate of drug-likeness (QED) is 0.181. The molecule has 0 bridgehead atoms. The summed E-state index contributed by atoms with van der Waals surface area (Å²) in [6.45, 7) is 7.78. The van der Waals surface area contributed by atoms with E-state index >= 15 is 0 Å². The standard InChI is InChI=1S/C39H45Cl2N3O5/c1-38(2,3)20-32-39(22-44(31-17-14-26(40)19-29(31)39)21-24-8-12-25(13-9-24)37(48)49)34(28-6-4-5-7-30(28)41)35(43-32)36(47)42-27-15-10-23(11-16-27)18-33(45)46/h4-9,12-14,17,19,23,27,32,34-35,43H,10-11,15-16,18,20-22H2,1-3H3,(H,42,47)(H,45,46)(H,48,49)/t23-,27-,32-,34-,35+,39-/m0/s1. The van der Waals surface area contributed by atoms with Gasteiger partial charge < -0.3 is 25.7 Å². The lowest BCUT2D eigenvalue weighted by Crippen LogP contribution is -2.49. The van der Waals surface area contributed by atoms with Crippen LogP contribution in [0, 0.1) is 11.3 Å². The Bertz CT molecular complexity index is 1720. The van der Waals surface area contributed by atoms with Crippen molar-refractivity contribution in [2.24, 2.45) is 11.3 Å². The largest absolute Gasteiger partial charge is 0.481 e. The zero-order valence-corrected chi connectivity index (χ0v) is 29.7. The Labute approximate surface area is 298 Å². The third kappa shape index (κ3) is 7.33. The number of fused-ring (bicyclic) bond motifs is 2. The molecular weight excluding hydrogens is 661 g/mol. The maximum absolute atomic E-state index is 14.6. The van der Waals surface area contributed by atoms with E-state index in [-0.39, 0.29) is 47.2 Å². The van der Waals surface area contributed by atoms with Crippen molar-refractivity contribution in [1.29, 1.82) is 0 Å². The van der Waals surface area contributed by atoms with Crippen molar-refractivity contribution in [1.82, 2.24) is 10.6 Å². The van der Waals surface area contributed by atoms with Crippen molar-refractivity contribution in [2.75, 3.05) is 11.4 Å². The maximum atomic E-state index is 14.6. The van der Waals surface area contributed by atoms with Crippen molar-refractivity contribution in [3.8, 4) is 0 Å². The molecule has 49 heavy (non-hydrogen) atoms. The van der Waals surface area contributed by atoms with Crippen molar-refractivity contribution in [2.45, 2.75) is 95.3 Å². The number of carboxylic acids is 2. The number of nitrogens with zero attached hydrogens (tertiary/aromatic N) is 1. The predicted octanol–water partition coefficient (Wildman–Crippen LogP) is 7.66. The van der Waals surface area contributed by atoms with E-state index in [9.17, 15) is 24.6 Å². The number of anilines is 1. The number of carbonyl (C=O) groups is 3. The summed E-state index contributed by atoms with van der Waals surface area (Å²) < 4.78 is 0. The summed E-state index contributed by atoms with van der Waals surface area (Å²) in [5, 5.41) is 27.2. The fraction of sp³-hybridized carbons (Fsp3) is 0.462. The summed E-state index contributed by atoms with van der Waals surface area (Å²) >= 11 is 13.8. The number of carboxylic acid groups (broad SMARTS) is 2. The van der Waals surface area contributed by atoms with Gasteiger partial charge in [0.15, 0.2) is 0 Å². The number of halogens is 2. The minimum atomic E-state index is -0.964. The number of benzene rings is 3. The van der Waals surface area contributed by atoms with Crippen LogP contribution in [0.1, 0.15) is 92.3 Å². The molecule has 4 N–H and O–H groups in total. The van der Waals surface area contributed by atoms with Gasteiger partial charge in [-0.1, -0.05) is 74.3 Å². The van der Waals surface area contributed by atoms with E-state index in [1.165, 1.54) is 0 Å². The van der Waals surface area contributed by atoms with E-state index in [4.69, 9.17) is 23.2 Å². The normalized spacial score (nSPS) is 26.5. The summed E-state index contributed by atoms with van der Waals surface area (Å²) in [7, 11) is 0. The lowest BCUT2D eigenvalue weighted by molar-refractivity contribution is -0.138. The molecule has 2 fully saturated rings. The lowest BCUT2D eigenvalue weighted by Gasteiger charge is -2.40.